The number of carbonyl (C=O) groups is 1. The van der Waals surface area contributed by atoms with E-state index in [1.54, 1.807) is 6.92 Å². The first-order chi connectivity index (χ1) is 11.7. The smallest absolute Gasteiger partial charge is 0.416 e. The van der Waals surface area contributed by atoms with E-state index < -0.39 is 23.8 Å². The Morgan fingerprint density at radius 1 is 1.16 bits per heavy atom. The van der Waals surface area contributed by atoms with Crippen molar-refractivity contribution in [3.05, 3.63) is 59.2 Å². The SMILES string of the molecule is CC[C@@H](Oc1cc(C)ccc1C)C(=O)Nc1cccc(C(F)(F)F)c1. The molecule has 2 aromatic rings. The van der Waals surface area contributed by atoms with Crippen molar-refractivity contribution in [1.29, 1.82) is 0 Å². The van der Waals surface area contributed by atoms with Gasteiger partial charge in [0.15, 0.2) is 6.10 Å². The average Bonchev–Trinajstić information content (AvgIpc) is 2.55. The monoisotopic (exact) mass is 351 g/mol. The number of aryl methyl sites for hydroxylation is 2. The Hall–Kier alpha value is -2.50. The molecule has 6 heteroatoms. The molecule has 0 aliphatic carbocycles. The largest absolute Gasteiger partial charge is 0.480 e. The van der Waals surface area contributed by atoms with Crippen LogP contribution in [-0.4, -0.2) is 12.0 Å². The topological polar surface area (TPSA) is 38.3 Å². The molecule has 0 heterocycles. The van der Waals surface area contributed by atoms with Crippen molar-refractivity contribution in [3.8, 4) is 5.75 Å². The van der Waals surface area contributed by atoms with Crippen LogP contribution in [0.3, 0.4) is 0 Å². The normalized spacial score (nSPS) is 12.6. The maximum absolute atomic E-state index is 12.8. The van der Waals surface area contributed by atoms with Gasteiger partial charge in [0.25, 0.3) is 5.91 Å². The molecule has 25 heavy (non-hydrogen) atoms. The van der Waals surface area contributed by atoms with Crippen LogP contribution in [-0.2, 0) is 11.0 Å². The molecule has 1 N–H and O–H groups in total. The predicted octanol–water partition coefficient (Wildman–Crippen LogP) is 5.12. The van der Waals surface area contributed by atoms with Crippen molar-refractivity contribution in [2.45, 2.75) is 39.5 Å². The fraction of sp³-hybridized carbons (Fsp3) is 0.316. The zero-order chi connectivity index (χ0) is 18.6. The Bertz CT molecular complexity index is 757. The minimum absolute atomic E-state index is 0.0860. The van der Waals surface area contributed by atoms with Crippen LogP contribution in [0.5, 0.6) is 5.75 Å². The number of rotatable bonds is 5. The first kappa shape index (κ1) is 18.8. The third-order valence-electron chi connectivity index (χ3n) is 3.73. The molecule has 0 aliphatic heterocycles. The van der Waals surface area contributed by atoms with Gasteiger partial charge in [0.1, 0.15) is 5.75 Å². The highest BCUT2D eigenvalue weighted by Gasteiger charge is 2.30. The highest BCUT2D eigenvalue weighted by molar-refractivity contribution is 5.94. The third-order valence-corrected chi connectivity index (χ3v) is 3.73. The van der Waals surface area contributed by atoms with Crippen LogP contribution in [0.2, 0.25) is 0 Å². The summed E-state index contributed by atoms with van der Waals surface area (Å²) in [4.78, 5) is 12.4. The summed E-state index contributed by atoms with van der Waals surface area (Å²) < 4.78 is 44.1. The van der Waals surface area contributed by atoms with Gasteiger partial charge in [0, 0.05) is 5.69 Å². The lowest BCUT2D eigenvalue weighted by molar-refractivity contribution is -0.137. The lowest BCUT2D eigenvalue weighted by Crippen LogP contribution is -2.32. The molecule has 1 amide bonds. The van der Waals surface area contributed by atoms with E-state index in [1.807, 2.05) is 32.0 Å². The molecular formula is C19H20F3NO2. The standard InChI is InChI=1S/C19H20F3NO2/c1-4-16(25-17-10-12(2)8-9-13(17)3)18(24)23-15-7-5-6-14(11-15)19(20,21)22/h5-11,16H,4H2,1-3H3,(H,23,24)/t16-/m1/s1. The Morgan fingerprint density at radius 3 is 2.52 bits per heavy atom. The number of hydrogen-bond acceptors (Lipinski definition) is 2. The first-order valence-electron chi connectivity index (χ1n) is 7.92. The molecule has 0 saturated carbocycles. The van der Waals surface area contributed by atoms with E-state index in [2.05, 4.69) is 5.32 Å². The number of benzene rings is 2. The van der Waals surface area contributed by atoms with Crippen molar-refractivity contribution < 1.29 is 22.7 Å². The zero-order valence-electron chi connectivity index (χ0n) is 14.3. The van der Waals surface area contributed by atoms with E-state index in [-0.39, 0.29) is 5.69 Å². The van der Waals surface area contributed by atoms with Crippen LogP contribution in [0.1, 0.15) is 30.0 Å². The number of hydrogen-bond donors (Lipinski definition) is 1. The number of nitrogens with one attached hydrogen (secondary N) is 1. The van der Waals surface area contributed by atoms with Gasteiger partial charge in [-0.15, -0.1) is 0 Å². The molecule has 2 aromatic carbocycles. The van der Waals surface area contributed by atoms with Crippen LogP contribution in [0.15, 0.2) is 42.5 Å². The van der Waals surface area contributed by atoms with Gasteiger partial charge in [0.2, 0.25) is 0 Å². The van der Waals surface area contributed by atoms with Crippen LogP contribution < -0.4 is 10.1 Å². The number of halogens is 3. The first-order valence-corrected chi connectivity index (χ1v) is 7.92. The second-order valence-electron chi connectivity index (χ2n) is 5.85. The fourth-order valence-corrected chi connectivity index (χ4v) is 2.31. The van der Waals surface area contributed by atoms with Crippen molar-refractivity contribution in [1.82, 2.24) is 0 Å². The third kappa shape index (κ3) is 4.98. The lowest BCUT2D eigenvalue weighted by atomic mass is 10.1. The van der Waals surface area contributed by atoms with E-state index in [9.17, 15) is 18.0 Å². The minimum atomic E-state index is -4.46. The Morgan fingerprint density at radius 2 is 1.88 bits per heavy atom. The molecule has 0 aromatic heterocycles. The van der Waals surface area contributed by atoms with Crippen molar-refractivity contribution >= 4 is 11.6 Å². The van der Waals surface area contributed by atoms with Gasteiger partial charge < -0.3 is 10.1 Å². The van der Waals surface area contributed by atoms with Gasteiger partial charge in [-0.2, -0.15) is 13.2 Å². The number of carbonyl (C=O) groups excluding carboxylic acids is 1. The second kappa shape index (κ2) is 7.59. The molecule has 134 valence electrons. The maximum Gasteiger partial charge on any atom is 0.416 e. The van der Waals surface area contributed by atoms with Crippen LogP contribution in [0.4, 0.5) is 18.9 Å². The molecule has 0 aliphatic rings. The van der Waals surface area contributed by atoms with Gasteiger partial charge in [-0.1, -0.05) is 25.1 Å². The van der Waals surface area contributed by atoms with Crippen molar-refractivity contribution in [2.24, 2.45) is 0 Å². The summed E-state index contributed by atoms with van der Waals surface area (Å²) in [6.45, 7) is 5.56. The van der Waals surface area contributed by atoms with Crippen LogP contribution in [0, 0.1) is 13.8 Å². The molecule has 3 nitrogen and oxygen atoms in total. The maximum atomic E-state index is 12.8. The van der Waals surface area contributed by atoms with E-state index in [0.717, 1.165) is 23.3 Å². The van der Waals surface area contributed by atoms with Gasteiger partial charge in [-0.3, -0.25) is 4.79 Å². The fourth-order valence-electron chi connectivity index (χ4n) is 2.31. The number of ether oxygens (including phenoxy) is 1. The second-order valence-corrected chi connectivity index (χ2v) is 5.85. The Kier molecular flexibility index (Phi) is 5.72. The number of amides is 1. The molecule has 0 fully saturated rings. The molecule has 2 rings (SSSR count). The molecule has 0 unspecified atom stereocenters. The van der Waals surface area contributed by atoms with E-state index in [1.165, 1.54) is 12.1 Å². The summed E-state index contributed by atoms with van der Waals surface area (Å²) in [7, 11) is 0. The van der Waals surface area contributed by atoms with Crippen molar-refractivity contribution in [3.63, 3.8) is 0 Å². The van der Waals surface area contributed by atoms with Crippen LogP contribution in [0.25, 0.3) is 0 Å². The predicted molar refractivity (Wildman–Crippen MR) is 90.7 cm³/mol. The van der Waals surface area contributed by atoms with Crippen molar-refractivity contribution in [2.75, 3.05) is 5.32 Å². The molecular weight excluding hydrogens is 331 g/mol. The summed E-state index contributed by atoms with van der Waals surface area (Å²) in [5.41, 5.74) is 1.15. The molecule has 0 radical (unpaired) electrons. The zero-order valence-corrected chi connectivity index (χ0v) is 14.3. The Labute approximate surface area is 144 Å². The summed E-state index contributed by atoms with van der Waals surface area (Å²) in [5.74, 6) is 0.105. The van der Waals surface area contributed by atoms with E-state index >= 15 is 0 Å². The van der Waals surface area contributed by atoms with Gasteiger partial charge in [-0.25, -0.2) is 0 Å². The van der Waals surface area contributed by atoms with Crippen LogP contribution >= 0.6 is 0 Å². The molecule has 1 atom stereocenters. The molecule has 0 saturated heterocycles. The van der Waals surface area contributed by atoms with E-state index in [4.69, 9.17) is 4.74 Å². The number of alkyl halides is 3. The average molecular weight is 351 g/mol. The molecule has 0 bridgehead atoms. The summed E-state index contributed by atoms with van der Waals surface area (Å²) in [6, 6.07) is 10.2. The highest BCUT2D eigenvalue weighted by Crippen LogP contribution is 2.30. The van der Waals surface area contributed by atoms with E-state index in [0.29, 0.717) is 12.2 Å². The van der Waals surface area contributed by atoms with Gasteiger partial charge in [0.05, 0.1) is 5.56 Å². The summed E-state index contributed by atoms with van der Waals surface area (Å²) >= 11 is 0. The summed E-state index contributed by atoms with van der Waals surface area (Å²) in [5, 5.41) is 2.50. The summed E-state index contributed by atoms with van der Waals surface area (Å²) in [6.07, 6.45) is -4.87. The lowest BCUT2D eigenvalue weighted by Gasteiger charge is -2.19. The number of anilines is 1. The quantitative estimate of drug-likeness (QED) is 0.812. The molecule has 0 spiro atoms. The highest BCUT2D eigenvalue weighted by atomic mass is 19.4. The Balaban J connectivity index is 2.14. The van der Waals surface area contributed by atoms with Gasteiger partial charge in [-0.05, 0) is 55.7 Å². The van der Waals surface area contributed by atoms with Gasteiger partial charge >= 0.3 is 6.18 Å². The minimum Gasteiger partial charge on any atom is -0.480 e.